The van der Waals surface area contributed by atoms with E-state index in [9.17, 15) is 4.79 Å². The van der Waals surface area contributed by atoms with Gasteiger partial charge in [0.2, 0.25) is 16.2 Å². The zero-order valence-electron chi connectivity index (χ0n) is 18.6. The fourth-order valence-electron chi connectivity index (χ4n) is 4.91. The van der Waals surface area contributed by atoms with Crippen molar-refractivity contribution in [2.24, 2.45) is 5.92 Å². The van der Waals surface area contributed by atoms with Crippen LogP contribution in [0.25, 0.3) is 0 Å². The van der Waals surface area contributed by atoms with Crippen molar-refractivity contribution in [1.82, 2.24) is 20.4 Å². The summed E-state index contributed by atoms with van der Waals surface area (Å²) in [4.78, 5) is 14.8. The van der Waals surface area contributed by atoms with Gasteiger partial charge in [0.15, 0.2) is 5.82 Å². The molecule has 1 atom stereocenters. The van der Waals surface area contributed by atoms with Gasteiger partial charge >= 0.3 is 0 Å². The van der Waals surface area contributed by atoms with Crippen LogP contribution in [0, 0.1) is 5.92 Å². The molecule has 5 rings (SSSR count). The van der Waals surface area contributed by atoms with Crippen LogP contribution in [0.2, 0.25) is 0 Å². The van der Waals surface area contributed by atoms with Gasteiger partial charge in [-0.3, -0.25) is 4.79 Å². The van der Waals surface area contributed by atoms with Gasteiger partial charge in [0, 0.05) is 31.7 Å². The number of amides is 1. The number of aromatic nitrogens is 4. The number of carbonyl (C=O) groups excluding carboxylic acids is 1. The first-order valence-electron chi connectivity index (χ1n) is 11.7. The van der Waals surface area contributed by atoms with Gasteiger partial charge in [-0.25, -0.2) is 0 Å². The molecule has 1 aliphatic heterocycles. The van der Waals surface area contributed by atoms with Gasteiger partial charge in [-0.15, -0.1) is 15.3 Å². The van der Waals surface area contributed by atoms with Crippen LogP contribution in [-0.2, 0) is 4.79 Å². The predicted octanol–water partition coefficient (Wildman–Crippen LogP) is 4.32. The molecule has 0 radical (unpaired) electrons. The molecule has 0 unspecified atom stereocenters. The Labute approximate surface area is 197 Å². The minimum absolute atomic E-state index is 0.0376. The lowest BCUT2D eigenvalue weighted by Crippen LogP contribution is -2.26. The van der Waals surface area contributed by atoms with Gasteiger partial charge in [0.05, 0.1) is 0 Å². The fourth-order valence-corrected chi connectivity index (χ4v) is 5.65. The molecule has 8 nitrogen and oxygen atoms in total. The van der Waals surface area contributed by atoms with Gasteiger partial charge in [-0.05, 0) is 61.6 Å². The van der Waals surface area contributed by atoms with E-state index in [4.69, 9.17) is 0 Å². The molecule has 1 saturated carbocycles. The molecule has 33 heavy (non-hydrogen) atoms. The number of hydrogen-bond acceptors (Lipinski definition) is 8. The van der Waals surface area contributed by atoms with Crippen LogP contribution in [0.3, 0.4) is 0 Å². The second kappa shape index (κ2) is 10.2. The minimum atomic E-state index is 0.0376. The third-order valence-corrected chi connectivity index (χ3v) is 7.43. The maximum atomic E-state index is 12.6. The second-order valence-corrected chi connectivity index (χ2v) is 9.93. The molecule has 172 valence electrons. The number of benzene rings is 1. The summed E-state index contributed by atoms with van der Waals surface area (Å²) in [5.74, 6) is 2.00. The van der Waals surface area contributed by atoms with Crippen LogP contribution < -0.4 is 15.5 Å². The number of hydrogen-bond donors (Lipinski definition) is 2. The van der Waals surface area contributed by atoms with Crippen molar-refractivity contribution < 1.29 is 4.79 Å². The Balaban J connectivity index is 1.06. The molecule has 1 aliphatic carbocycles. The van der Waals surface area contributed by atoms with Crippen LogP contribution >= 0.6 is 11.3 Å². The Bertz CT molecular complexity index is 1040. The Morgan fingerprint density at radius 2 is 1.79 bits per heavy atom. The molecule has 2 aliphatic rings. The summed E-state index contributed by atoms with van der Waals surface area (Å²) in [6.07, 6.45) is 7.73. The zero-order chi connectivity index (χ0) is 22.5. The van der Waals surface area contributed by atoms with Gasteiger partial charge < -0.3 is 15.5 Å². The highest BCUT2D eigenvalue weighted by Crippen LogP contribution is 2.37. The third-order valence-electron chi connectivity index (χ3n) is 6.66. The number of rotatable bonds is 7. The van der Waals surface area contributed by atoms with Crippen LogP contribution in [0.4, 0.5) is 16.1 Å². The van der Waals surface area contributed by atoms with Gasteiger partial charge in [0.25, 0.3) is 0 Å². The highest BCUT2D eigenvalue weighted by Gasteiger charge is 2.26. The van der Waals surface area contributed by atoms with E-state index < -0.39 is 0 Å². The van der Waals surface area contributed by atoms with Crippen LogP contribution in [0.1, 0.15) is 50.0 Å². The molecule has 0 spiro atoms. The lowest BCUT2D eigenvalue weighted by molar-refractivity contribution is -0.117. The molecule has 2 N–H and O–H groups in total. The highest BCUT2D eigenvalue weighted by molar-refractivity contribution is 7.19. The zero-order valence-corrected chi connectivity index (χ0v) is 19.4. The van der Waals surface area contributed by atoms with E-state index in [0.29, 0.717) is 23.4 Å². The van der Waals surface area contributed by atoms with Crippen molar-refractivity contribution in [3.8, 4) is 0 Å². The van der Waals surface area contributed by atoms with Crippen molar-refractivity contribution in [2.45, 2.75) is 50.5 Å². The molecule has 9 heteroatoms. The van der Waals surface area contributed by atoms with Crippen molar-refractivity contribution in [3.63, 3.8) is 0 Å². The van der Waals surface area contributed by atoms with Crippen molar-refractivity contribution in [3.05, 3.63) is 54.2 Å². The lowest BCUT2D eigenvalue weighted by Gasteiger charge is -2.28. The molecule has 1 saturated heterocycles. The van der Waals surface area contributed by atoms with Gasteiger partial charge in [0.1, 0.15) is 0 Å². The molecular formula is C24H29N7OS. The summed E-state index contributed by atoms with van der Waals surface area (Å²) >= 11 is 1.39. The summed E-state index contributed by atoms with van der Waals surface area (Å²) in [6.45, 7) is 1.76. The van der Waals surface area contributed by atoms with Crippen molar-refractivity contribution >= 4 is 33.3 Å². The smallest absolute Gasteiger partial charge is 0.226 e. The number of anilines is 3. The molecule has 3 aromatic rings. The fraction of sp³-hybridized carbons (Fsp3) is 0.458. The average molecular weight is 464 g/mol. The summed E-state index contributed by atoms with van der Waals surface area (Å²) in [5.41, 5.74) is 1.43. The SMILES string of the molecule is O=C(CC1CCC(c2ccccc2)CC1)Nc1nnc(N[C@@H]2CCN(c3cccnn3)C2)s1. The first-order chi connectivity index (χ1) is 16.2. The Morgan fingerprint density at radius 1 is 0.970 bits per heavy atom. The number of nitrogens with zero attached hydrogens (tertiary/aromatic N) is 5. The maximum absolute atomic E-state index is 12.6. The van der Waals surface area contributed by atoms with E-state index in [2.05, 4.69) is 66.3 Å². The predicted molar refractivity (Wildman–Crippen MR) is 131 cm³/mol. The molecule has 1 amide bonds. The quantitative estimate of drug-likeness (QED) is 0.539. The van der Waals surface area contributed by atoms with E-state index >= 15 is 0 Å². The summed E-state index contributed by atoms with van der Waals surface area (Å²) in [7, 11) is 0. The monoisotopic (exact) mass is 463 g/mol. The number of carbonyl (C=O) groups is 1. The standard InChI is InChI=1S/C24H29N7OS/c32-22(15-17-8-10-19(11-9-17)18-5-2-1-3-6-18)27-24-30-29-23(33-24)26-20-12-14-31(16-20)21-7-4-13-25-28-21/h1-7,13,17,19-20H,8-12,14-16H2,(H,26,29)(H,27,30,32)/t17?,19?,20-/m1/s1. The van der Waals surface area contributed by atoms with E-state index in [0.717, 1.165) is 56.1 Å². The van der Waals surface area contributed by atoms with E-state index in [1.165, 1.54) is 16.9 Å². The second-order valence-electron chi connectivity index (χ2n) is 8.95. The largest absolute Gasteiger partial charge is 0.355 e. The van der Waals surface area contributed by atoms with E-state index in [1.54, 1.807) is 6.20 Å². The lowest BCUT2D eigenvalue weighted by atomic mass is 9.77. The topological polar surface area (TPSA) is 95.9 Å². The molecule has 3 heterocycles. The normalized spacial score (nSPS) is 22.8. The van der Waals surface area contributed by atoms with Crippen LogP contribution in [-0.4, -0.2) is 45.4 Å². The van der Waals surface area contributed by atoms with E-state index in [1.807, 2.05) is 12.1 Å². The van der Waals surface area contributed by atoms with Crippen molar-refractivity contribution in [1.29, 1.82) is 0 Å². The minimum Gasteiger partial charge on any atom is -0.355 e. The highest BCUT2D eigenvalue weighted by atomic mass is 32.1. The van der Waals surface area contributed by atoms with Crippen molar-refractivity contribution in [2.75, 3.05) is 28.6 Å². The number of nitrogens with one attached hydrogen (secondary N) is 2. The maximum Gasteiger partial charge on any atom is 0.226 e. The van der Waals surface area contributed by atoms with Gasteiger partial charge in [-0.1, -0.05) is 41.7 Å². The van der Waals surface area contributed by atoms with Crippen LogP contribution in [0.15, 0.2) is 48.7 Å². The van der Waals surface area contributed by atoms with E-state index in [-0.39, 0.29) is 11.9 Å². The molecule has 1 aromatic carbocycles. The van der Waals surface area contributed by atoms with Gasteiger partial charge in [-0.2, -0.15) is 5.10 Å². The summed E-state index contributed by atoms with van der Waals surface area (Å²) in [5, 5.41) is 24.2. The molecule has 2 aromatic heterocycles. The molecule has 2 fully saturated rings. The summed E-state index contributed by atoms with van der Waals surface area (Å²) < 4.78 is 0. The molecular weight excluding hydrogens is 434 g/mol. The summed E-state index contributed by atoms with van der Waals surface area (Å²) in [6, 6.07) is 14.9. The Kier molecular flexibility index (Phi) is 6.76. The first kappa shape index (κ1) is 21.8. The third kappa shape index (κ3) is 5.65. The molecule has 0 bridgehead atoms. The average Bonchev–Trinajstić information content (AvgIpc) is 3.50. The Hall–Kier alpha value is -3.07. The van der Waals surface area contributed by atoms with Crippen LogP contribution in [0.5, 0.6) is 0 Å². The first-order valence-corrected chi connectivity index (χ1v) is 12.5. The Morgan fingerprint density at radius 3 is 2.58 bits per heavy atom.